The first-order valence-corrected chi connectivity index (χ1v) is 13.9. The first-order chi connectivity index (χ1) is 18.2. The number of nitrogens with one attached hydrogen (secondary N) is 2. The minimum absolute atomic E-state index is 0.163. The molecular weight excluding hydrogens is 474 g/mol. The highest BCUT2D eigenvalue weighted by Gasteiger charge is 2.27. The monoisotopic (exact) mass is 515 g/mol. The summed E-state index contributed by atoms with van der Waals surface area (Å²) in [5.41, 5.74) is 7.16. The van der Waals surface area contributed by atoms with Crippen molar-refractivity contribution >= 4 is 11.6 Å². The second-order valence-electron chi connectivity index (χ2n) is 10.7. The Kier molecular flexibility index (Phi) is 8.65. The number of benzene rings is 1. The van der Waals surface area contributed by atoms with Gasteiger partial charge in [-0.3, -0.25) is 19.6 Å². The van der Waals surface area contributed by atoms with E-state index in [9.17, 15) is 9.59 Å². The van der Waals surface area contributed by atoms with Gasteiger partial charge in [0.1, 0.15) is 0 Å². The van der Waals surface area contributed by atoms with Gasteiger partial charge in [0, 0.05) is 53.4 Å². The molecule has 1 aromatic carbocycles. The van der Waals surface area contributed by atoms with Crippen molar-refractivity contribution in [1.82, 2.24) is 20.3 Å². The lowest BCUT2D eigenvalue weighted by Gasteiger charge is -2.39. The highest BCUT2D eigenvalue weighted by atomic mass is 16.1. The summed E-state index contributed by atoms with van der Waals surface area (Å²) < 4.78 is 0. The molecule has 0 saturated heterocycles. The van der Waals surface area contributed by atoms with Crippen molar-refractivity contribution in [3.05, 3.63) is 74.6 Å². The number of amides is 1. The van der Waals surface area contributed by atoms with E-state index in [0.29, 0.717) is 17.2 Å². The average Bonchev–Trinajstić information content (AvgIpc) is 2.90. The van der Waals surface area contributed by atoms with E-state index < -0.39 is 0 Å². The fourth-order valence-electron chi connectivity index (χ4n) is 5.78. The molecule has 0 bridgehead atoms. The normalized spacial score (nSPS) is 17.3. The third-order valence-electron chi connectivity index (χ3n) is 8.11. The molecule has 0 radical (unpaired) electrons. The minimum Gasteiger partial charge on any atom is -0.369 e. The number of hydrogen-bond acceptors (Lipinski definition) is 5. The largest absolute Gasteiger partial charge is 0.369 e. The number of rotatable bonds is 8. The molecule has 2 aromatic heterocycles. The number of carbonyl (C=O) groups is 1. The van der Waals surface area contributed by atoms with Gasteiger partial charge in [0.15, 0.2) is 0 Å². The standard InChI is InChI=1S/C31H41N5O2/c1-7-23-9-11-25(12-10-23)36(8-2)29-15-24(28-18-32-21(5)16-33-28)14-26(22(29)6)30(37)34-17-27-19(3)13-20(4)35-31(27)38/h13-16,18,23,25H,7-12,17H2,1-6H3,(H,34,37)(H,35,38)/t23-,25-. The molecule has 4 rings (SSSR count). The number of aromatic nitrogens is 3. The zero-order valence-electron chi connectivity index (χ0n) is 23.6. The van der Waals surface area contributed by atoms with Gasteiger partial charge < -0.3 is 15.2 Å². The van der Waals surface area contributed by atoms with E-state index in [-0.39, 0.29) is 18.0 Å². The van der Waals surface area contributed by atoms with Gasteiger partial charge >= 0.3 is 0 Å². The molecule has 3 aromatic rings. The second-order valence-corrected chi connectivity index (χ2v) is 10.7. The molecule has 1 fully saturated rings. The van der Waals surface area contributed by atoms with Crippen molar-refractivity contribution in [2.45, 2.75) is 86.2 Å². The lowest BCUT2D eigenvalue weighted by Crippen LogP contribution is -2.39. The number of aromatic amines is 1. The van der Waals surface area contributed by atoms with E-state index in [0.717, 1.165) is 64.8 Å². The summed E-state index contributed by atoms with van der Waals surface area (Å²) in [5, 5.41) is 3.01. The topological polar surface area (TPSA) is 91.0 Å². The van der Waals surface area contributed by atoms with Crippen LogP contribution in [-0.4, -0.2) is 33.4 Å². The molecule has 202 valence electrons. The van der Waals surface area contributed by atoms with Crippen LogP contribution in [0.5, 0.6) is 0 Å². The van der Waals surface area contributed by atoms with Crippen LogP contribution in [-0.2, 0) is 6.54 Å². The number of hydrogen-bond donors (Lipinski definition) is 2. The average molecular weight is 516 g/mol. The maximum atomic E-state index is 13.6. The maximum Gasteiger partial charge on any atom is 0.253 e. The summed E-state index contributed by atoms with van der Waals surface area (Å²) in [7, 11) is 0. The van der Waals surface area contributed by atoms with Crippen LogP contribution in [0.25, 0.3) is 11.3 Å². The van der Waals surface area contributed by atoms with Gasteiger partial charge in [-0.15, -0.1) is 0 Å². The van der Waals surface area contributed by atoms with Crippen molar-refractivity contribution in [2.75, 3.05) is 11.4 Å². The predicted molar refractivity (Wildman–Crippen MR) is 154 cm³/mol. The number of pyridine rings is 1. The molecule has 1 amide bonds. The molecule has 2 N–H and O–H groups in total. The Morgan fingerprint density at radius 1 is 1.03 bits per heavy atom. The molecule has 1 saturated carbocycles. The fourth-order valence-corrected chi connectivity index (χ4v) is 5.78. The zero-order valence-corrected chi connectivity index (χ0v) is 23.6. The lowest BCUT2D eigenvalue weighted by atomic mass is 9.83. The van der Waals surface area contributed by atoms with E-state index in [1.165, 1.54) is 19.3 Å². The summed E-state index contributed by atoms with van der Waals surface area (Å²) in [6, 6.07) is 6.44. The van der Waals surface area contributed by atoms with Gasteiger partial charge in [0.25, 0.3) is 11.5 Å². The van der Waals surface area contributed by atoms with Gasteiger partial charge in [0.2, 0.25) is 0 Å². The van der Waals surface area contributed by atoms with Crippen LogP contribution < -0.4 is 15.8 Å². The van der Waals surface area contributed by atoms with Crippen LogP contribution in [0.1, 0.15) is 84.4 Å². The van der Waals surface area contributed by atoms with E-state index in [1.54, 1.807) is 12.4 Å². The van der Waals surface area contributed by atoms with Gasteiger partial charge in [0.05, 0.1) is 17.6 Å². The van der Waals surface area contributed by atoms with Crippen LogP contribution in [0.2, 0.25) is 0 Å². The summed E-state index contributed by atoms with van der Waals surface area (Å²) in [4.78, 5) is 40.5. The van der Waals surface area contributed by atoms with E-state index in [4.69, 9.17) is 0 Å². The number of carbonyl (C=O) groups excluding carboxylic acids is 1. The fraction of sp³-hybridized carbons (Fsp3) is 0.484. The summed E-state index contributed by atoms with van der Waals surface area (Å²) in [5.74, 6) is 0.616. The molecular formula is C31H41N5O2. The smallest absolute Gasteiger partial charge is 0.253 e. The summed E-state index contributed by atoms with van der Waals surface area (Å²) >= 11 is 0. The number of aryl methyl sites for hydroxylation is 3. The Bertz CT molecular complexity index is 1340. The van der Waals surface area contributed by atoms with Gasteiger partial charge in [-0.05, 0) is 95.5 Å². The van der Waals surface area contributed by atoms with E-state index in [1.807, 2.05) is 39.8 Å². The second kappa shape index (κ2) is 11.9. The van der Waals surface area contributed by atoms with Crippen LogP contribution in [0.4, 0.5) is 5.69 Å². The highest BCUT2D eigenvalue weighted by Crippen LogP contribution is 2.36. The first kappa shape index (κ1) is 27.6. The van der Waals surface area contributed by atoms with Crippen molar-refractivity contribution in [3.63, 3.8) is 0 Å². The predicted octanol–water partition coefficient (Wildman–Crippen LogP) is 5.79. The van der Waals surface area contributed by atoms with Crippen LogP contribution in [0, 0.1) is 33.6 Å². The third kappa shape index (κ3) is 5.98. The molecule has 1 aliphatic rings. The van der Waals surface area contributed by atoms with Crippen molar-refractivity contribution in [2.24, 2.45) is 5.92 Å². The molecule has 7 heteroatoms. The SMILES string of the molecule is CCN(c1cc(-c2cnc(C)cn2)cc(C(=O)NCc2c(C)cc(C)[nH]c2=O)c1C)[C@H]1CC[C@H](CC)CC1. The zero-order chi connectivity index (χ0) is 27.4. The first-order valence-electron chi connectivity index (χ1n) is 13.9. The van der Waals surface area contributed by atoms with Gasteiger partial charge in [-0.25, -0.2) is 0 Å². The van der Waals surface area contributed by atoms with Crippen molar-refractivity contribution in [1.29, 1.82) is 0 Å². The number of nitrogens with zero attached hydrogens (tertiary/aromatic N) is 3. The molecule has 2 heterocycles. The summed E-state index contributed by atoms with van der Waals surface area (Å²) in [6.07, 6.45) is 9.59. The van der Waals surface area contributed by atoms with Crippen LogP contribution in [0.15, 0.2) is 35.4 Å². The number of H-pyrrole nitrogens is 1. The molecule has 0 spiro atoms. The third-order valence-corrected chi connectivity index (χ3v) is 8.11. The molecule has 0 aliphatic heterocycles. The molecule has 0 atom stereocenters. The Morgan fingerprint density at radius 3 is 2.37 bits per heavy atom. The quantitative estimate of drug-likeness (QED) is 0.396. The molecule has 0 unspecified atom stereocenters. The molecule has 7 nitrogen and oxygen atoms in total. The van der Waals surface area contributed by atoms with Crippen molar-refractivity contribution in [3.8, 4) is 11.3 Å². The lowest BCUT2D eigenvalue weighted by molar-refractivity contribution is 0.0950. The molecule has 1 aliphatic carbocycles. The Labute approximate surface area is 226 Å². The van der Waals surface area contributed by atoms with Crippen molar-refractivity contribution < 1.29 is 4.79 Å². The van der Waals surface area contributed by atoms with Crippen LogP contribution in [0.3, 0.4) is 0 Å². The number of anilines is 1. The molecule has 38 heavy (non-hydrogen) atoms. The Hall–Kier alpha value is -3.48. The Balaban J connectivity index is 1.71. The Morgan fingerprint density at radius 2 is 1.76 bits per heavy atom. The van der Waals surface area contributed by atoms with E-state index >= 15 is 0 Å². The van der Waals surface area contributed by atoms with Crippen LogP contribution >= 0.6 is 0 Å². The highest BCUT2D eigenvalue weighted by molar-refractivity contribution is 5.98. The van der Waals surface area contributed by atoms with Gasteiger partial charge in [-0.2, -0.15) is 0 Å². The van der Waals surface area contributed by atoms with Gasteiger partial charge in [-0.1, -0.05) is 13.3 Å². The minimum atomic E-state index is -0.198. The van der Waals surface area contributed by atoms with E-state index in [2.05, 4.69) is 45.1 Å². The maximum absolute atomic E-state index is 13.6. The summed E-state index contributed by atoms with van der Waals surface area (Å²) in [6.45, 7) is 13.2.